The van der Waals surface area contributed by atoms with Gasteiger partial charge in [0.15, 0.2) is 0 Å². The molecule has 0 aliphatic carbocycles. The Balaban J connectivity index is 2.97. The van der Waals surface area contributed by atoms with Crippen LogP contribution in [-0.4, -0.2) is 13.7 Å². The van der Waals surface area contributed by atoms with Gasteiger partial charge in [-0.15, -0.1) is 0 Å². The molecule has 0 heterocycles. The lowest BCUT2D eigenvalue weighted by atomic mass is 10.1. The fourth-order valence-electron chi connectivity index (χ4n) is 1.12. The number of halogens is 1. The van der Waals surface area contributed by atoms with Gasteiger partial charge in [0, 0.05) is 6.54 Å². The Morgan fingerprint density at radius 2 is 2.29 bits per heavy atom. The highest BCUT2D eigenvalue weighted by Crippen LogP contribution is 2.25. The van der Waals surface area contributed by atoms with Crippen molar-refractivity contribution in [2.45, 2.75) is 6.92 Å². The normalized spacial score (nSPS) is 11.6. The maximum atomic E-state index is 5.97. The Morgan fingerprint density at radius 3 is 2.79 bits per heavy atom. The van der Waals surface area contributed by atoms with Gasteiger partial charge in [-0.3, -0.25) is 0 Å². The molecule has 1 aromatic carbocycles. The van der Waals surface area contributed by atoms with Crippen LogP contribution in [0.3, 0.4) is 0 Å². The Hall–Kier alpha value is -0.990. The van der Waals surface area contributed by atoms with E-state index in [1.54, 1.807) is 7.11 Å². The predicted molar refractivity (Wildman–Crippen MR) is 60.7 cm³/mol. The van der Waals surface area contributed by atoms with E-state index >= 15 is 0 Å². The minimum atomic E-state index is 0.559. The van der Waals surface area contributed by atoms with Crippen LogP contribution in [0.1, 0.15) is 12.5 Å². The maximum Gasteiger partial charge on any atom is 0.137 e. The number of rotatable bonds is 3. The van der Waals surface area contributed by atoms with E-state index in [9.17, 15) is 0 Å². The molecule has 2 N–H and O–H groups in total. The third-order valence-electron chi connectivity index (χ3n) is 1.91. The van der Waals surface area contributed by atoms with Crippen LogP contribution >= 0.6 is 11.6 Å². The van der Waals surface area contributed by atoms with Gasteiger partial charge in [-0.1, -0.05) is 29.3 Å². The molecule has 0 amide bonds. The van der Waals surface area contributed by atoms with Crippen molar-refractivity contribution in [2.24, 2.45) is 5.73 Å². The van der Waals surface area contributed by atoms with Crippen LogP contribution in [-0.2, 0) is 0 Å². The lowest BCUT2D eigenvalue weighted by Crippen LogP contribution is -1.99. The molecule has 3 heteroatoms. The first-order valence-electron chi connectivity index (χ1n) is 4.38. The van der Waals surface area contributed by atoms with E-state index in [-0.39, 0.29) is 0 Å². The first-order valence-corrected chi connectivity index (χ1v) is 4.76. The number of hydrogen-bond donors (Lipinski definition) is 1. The molecular formula is C11H14ClNO. The van der Waals surface area contributed by atoms with Crippen LogP contribution in [0.2, 0.25) is 5.02 Å². The topological polar surface area (TPSA) is 35.2 Å². The summed E-state index contributed by atoms with van der Waals surface area (Å²) in [5, 5.41) is 0.617. The van der Waals surface area contributed by atoms with Crippen molar-refractivity contribution >= 4 is 17.7 Å². The van der Waals surface area contributed by atoms with E-state index in [2.05, 4.69) is 0 Å². The van der Waals surface area contributed by atoms with Crippen molar-refractivity contribution in [1.82, 2.24) is 0 Å². The van der Waals surface area contributed by atoms with Gasteiger partial charge in [-0.2, -0.15) is 0 Å². The van der Waals surface area contributed by atoms with Crippen molar-refractivity contribution in [1.29, 1.82) is 0 Å². The SMILES string of the molecule is COc1ccc(/C=C(/C)CN)cc1Cl. The van der Waals surface area contributed by atoms with Crippen molar-refractivity contribution in [3.05, 3.63) is 34.4 Å². The lowest BCUT2D eigenvalue weighted by molar-refractivity contribution is 0.415. The van der Waals surface area contributed by atoms with Crippen molar-refractivity contribution < 1.29 is 4.74 Å². The fourth-order valence-corrected chi connectivity index (χ4v) is 1.38. The zero-order valence-electron chi connectivity index (χ0n) is 8.38. The first kappa shape index (κ1) is 11.1. The number of hydrogen-bond acceptors (Lipinski definition) is 2. The summed E-state index contributed by atoms with van der Waals surface area (Å²) in [6.07, 6.45) is 2.01. The summed E-state index contributed by atoms with van der Waals surface area (Å²) in [4.78, 5) is 0. The number of nitrogens with two attached hydrogens (primary N) is 1. The predicted octanol–water partition coefficient (Wildman–Crippen LogP) is 2.71. The molecule has 0 spiro atoms. The molecule has 1 rings (SSSR count). The van der Waals surface area contributed by atoms with Crippen molar-refractivity contribution in [3.63, 3.8) is 0 Å². The molecule has 0 saturated carbocycles. The van der Waals surface area contributed by atoms with Gasteiger partial charge < -0.3 is 10.5 Å². The number of ether oxygens (including phenoxy) is 1. The van der Waals surface area contributed by atoms with Gasteiger partial charge in [0.25, 0.3) is 0 Å². The molecule has 0 aromatic heterocycles. The maximum absolute atomic E-state index is 5.97. The van der Waals surface area contributed by atoms with Crippen molar-refractivity contribution in [2.75, 3.05) is 13.7 Å². The third-order valence-corrected chi connectivity index (χ3v) is 2.21. The van der Waals surface area contributed by atoms with Crippen LogP contribution in [0.25, 0.3) is 6.08 Å². The van der Waals surface area contributed by atoms with E-state index in [0.29, 0.717) is 17.3 Å². The zero-order chi connectivity index (χ0) is 10.6. The number of methoxy groups -OCH3 is 1. The second-order valence-electron chi connectivity index (χ2n) is 3.09. The van der Waals surface area contributed by atoms with E-state index < -0.39 is 0 Å². The highest BCUT2D eigenvalue weighted by atomic mass is 35.5. The van der Waals surface area contributed by atoms with Gasteiger partial charge in [-0.05, 0) is 24.6 Å². The standard InChI is InChI=1S/C11H14ClNO/c1-8(7-13)5-9-3-4-11(14-2)10(12)6-9/h3-6H,7,13H2,1-2H3/b8-5-. The second-order valence-corrected chi connectivity index (χ2v) is 3.50. The minimum absolute atomic E-state index is 0.559. The van der Waals surface area contributed by atoms with E-state index in [1.165, 1.54) is 0 Å². The average Bonchev–Trinajstić information content (AvgIpc) is 2.18. The molecule has 0 saturated heterocycles. The molecular weight excluding hydrogens is 198 g/mol. The molecule has 2 nitrogen and oxygen atoms in total. The van der Waals surface area contributed by atoms with Gasteiger partial charge in [0.1, 0.15) is 5.75 Å². The zero-order valence-corrected chi connectivity index (χ0v) is 9.14. The van der Waals surface area contributed by atoms with Gasteiger partial charge in [0.2, 0.25) is 0 Å². The average molecular weight is 212 g/mol. The highest BCUT2D eigenvalue weighted by Gasteiger charge is 1.99. The molecule has 0 aliphatic heterocycles. The summed E-state index contributed by atoms with van der Waals surface area (Å²) >= 11 is 5.97. The summed E-state index contributed by atoms with van der Waals surface area (Å²) in [7, 11) is 1.60. The van der Waals surface area contributed by atoms with Crippen LogP contribution in [0, 0.1) is 0 Å². The van der Waals surface area contributed by atoms with Crippen LogP contribution < -0.4 is 10.5 Å². The Morgan fingerprint density at radius 1 is 1.57 bits per heavy atom. The van der Waals surface area contributed by atoms with E-state index in [1.807, 2.05) is 31.2 Å². The van der Waals surface area contributed by atoms with Crippen molar-refractivity contribution in [3.8, 4) is 5.75 Å². The van der Waals surface area contributed by atoms with Crippen LogP contribution in [0.4, 0.5) is 0 Å². The van der Waals surface area contributed by atoms with Gasteiger partial charge >= 0.3 is 0 Å². The quantitative estimate of drug-likeness (QED) is 0.835. The summed E-state index contributed by atoms with van der Waals surface area (Å²) in [5.41, 5.74) is 7.65. The van der Waals surface area contributed by atoms with Gasteiger partial charge in [0.05, 0.1) is 12.1 Å². The summed E-state index contributed by atoms with van der Waals surface area (Å²) in [6.45, 7) is 2.54. The Kier molecular flexibility index (Phi) is 3.98. The molecule has 0 fully saturated rings. The molecule has 14 heavy (non-hydrogen) atoms. The molecule has 1 aromatic rings. The van der Waals surface area contributed by atoms with Gasteiger partial charge in [-0.25, -0.2) is 0 Å². The molecule has 0 aliphatic rings. The Bertz CT molecular complexity index is 347. The first-order chi connectivity index (χ1) is 6.67. The lowest BCUT2D eigenvalue weighted by Gasteiger charge is -2.03. The summed E-state index contributed by atoms with van der Waals surface area (Å²) in [6, 6.07) is 5.65. The summed E-state index contributed by atoms with van der Waals surface area (Å²) < 4.78 is 5.05. The second kappa shape index (κ2) is 5.03. The smallest absolute Gasteiger partial charge is 0.137 e. The minimum Gasteiger partial charge on any atom is -0.495 e. The molecule has 76 valence electrons. The number of benzene rings is 1. The molecule has 0 bridgehead atoms. The van der Waals surface area contributed by atoms with Crippen LogP contribution in [0.5, 0.6) is 5.75 Å². The van der Waals surface area contributed by atoms with E-state index in [4.69, 9.17) is 22.1 Å². The largest absolute Gasteiger partial charge is 0.495 e. The van der Waals surface area contributed by atoms with Crippen LogP contribution in [0.15, 0.2) is 23.8 Å². The molecule has 0 atom stereocenters. The summed E-state index contributed by atoms with van der Waals surface area (Å²) in [5.74, 6) is 0.689. The molecule has 0 radical (unpaired) electrons. The fraction of sp³-hybridized carbons (Fsp3) is 0.273. The highest BCUT2D eigenvalue weighted by molar-refractivity contribution is 6.32. The molecule has 0 unspecified atom stereocenters. The van der Waals surface area contributed by atoms with E-state index in [0.717, 1.165) is 11.1 Å². The Labute approximate surface area is 89.3 Å². The third kappa shape index (κ3) is 2.76. The monoisotopic (exact) mass is 211 g/mol.